The summed E-state index contributed by atoms with van der Waals surface area (Å²) < 4.78 is 5.24. The maximum atomic E-state index is 13.2. The number of hydrogen-bond acceptors (Lipinski definition) is 6. The summed E-state index contributed by atoms with van der Waals surface area (Å²) in [4.78, 5) is 36.4. The first-order chi connectivity index (χ1) is 17.0. The highest BCUT2D eigenvalue weighted by Gasteiger charge is 2.28. The van der Waals surface area contributed by atoms with E-state index in [4.69, 9.17) is 4.74 Å². The van der Waals surface area contributed by atoms with E-state index in [1.165, 1.54) is 6.92 Å². The largest absolute Gasteiger partial charge is 0.497 e. The van der Waals surface area contributed by atoms with E-state index in [0.717, 1.165) is 75.8 Å². The molecule has 0 bridgehead atoms. The molecule has 8 nitrogen and oxygen atoms in total. The number of aromatic nitrogens is 1. The van der Waals surface area contributed by atoms with Crippen molar-refractivity contribution in [3.05, 3.63) is 54.2 Å². The number of anilines is 1. The predicted octanol–water partition coefficient (Wildman–Crippen LogP) is 2.72. The number of likely N-dealkylation sites (tertiary alicyclic amines) is 1. The lowest BCUT2D eigenvalue weighted by Gasteiger charge is -2.40. The molecule has 1 N–H and O–H groups in total. The third-order valence-corrected chi connectivity index (χ3v) is 7.01. The molecule has 0 spiro atoms. The second-order valence-electron chi connectivity index (χ2n) is 9.55. The van der Waals surface area contributed by atoms with E-state index in [1.807, 2.05) is 47.5 Å². The second kappa shape index (κ2) is 12.0. The van der Waals surface area contributed by atoms with E-state index < -0.39 is 0 Å². The minimum absolute atomic E-state index is 0.101. The Balaban J connectivity index is 1.29. The highest BCUT2D eigenvalue weighted by Crippen LogP contribution is 2.24. The Morgan fingerprint density at radius 3 is 2.51 bits per heavy atom. The number of nitrogens with one attached hydrogen (secondary N) is 1. The molecular weight excluding hydrogens is 442 g/mol. The topological polar surface area (TPSA) is 78.0 Å². The summed E-state index contributed by atoms with van der Waals surface area (Å²) in [5.74, 6) is 2.24. The number of nitrogens with zero attached hydrogens (tertiary/aromatic N) is 4. The molecule has 2 fully saturated rings. The highest BCUT2D eigenvalue weighted by atomic mass is 16.5. The summed E-state index contributed by atoms with van der Waals surface area (Å²) in [5, 5.41) is 2.95. The number of piperazine rings is 1. The third kappa shape index (κ3) is 6.94. The van der Waals surface area contributed by atoms with Crippen LogP contribution in [0.25, 0.3) is 0 Å². The summed E-state index contributed by atoms with van der Waals surface area (Å²) in [7, 11) is 1.62. The van der Waals surface area contributed by atoms with Crippen molar-refractivity contribution in [2.45, 2.75) is 32.2 Å². The van der Waals surface area contributed by atoms with Gasteiger partial charge in [-0.2, -0.15) is 0 Å². The molecule has 188 valence electrons. The molecule has 8 heteroatoms. The van der Waals surface area contributed by atoms with Crippen LogP contribution in [0.5, 0.6) is 5.75 Å². The van der Waals surface area contributed by atoms with Crippen LogP contribution in [0, 0.1) is 5.92 Å². The van der Waals surface area contributed by atoms with Crippen LogP contribution < -0.4 is 15.0 Å². The quantitative estimate of drug-likeness (QED) is 0.627. The lowest BCUT2D eigenvalue weighted by Crippen LogP contribution is -2.50. The molecule has 4 rings (SSSR count). The molecule has 1 aromatic heterocycles. The maximum Gasteiger partial charge on any atom is 0.224 e. The lowest BCUT2D eigenvalue weighted by molar-refractivity contribution is -0.134. The van der Waals surface area contributed by atoms with Gasteiger partial charge in [0.15, 0.2) is 0 Å². The van der Waals surface area contributed by atoms with Crippen LogP contribution in [0.1, 0.15) is 37.8 Å². The summed E-state index contributed by atoms with van der Waals surface area (Å²) >= 11 is 0. The SMILES string of the molecule is COc1ccc(C(CC(=O)N2CCCC(CN3CCN(c4ccccn4)CC3)C2)NC(C)=O)cc1. The smallest absolute Gasteiger partial charge is 0.224 e. The number of piperidine rings is 1. The molecule has 0 saturated carbocycles. The van der Waals surface area contributed by atoms with Crippen molar-refractivity contribution in [2.24, 2.45) is 5.92 Å². The van der Waals surface area contributed by atoms with Gasteiger partial charge in [0.2, 0.25) is 11.8 Å². The first-order valence-electron chi connectivity index (χ1n) is 12.6. The fraction of sp³-hybridized carbons (Fsp3) is 0.519. The Bertz CT molecular complexity index is 961. The van der Waals surface area contributed by atoms with Gasteiger partial charge in [-0.1, -0.05) is 18.2 Å². The maximum absolute atomic E-state index is 13.2. The van der Waals surface area contributed by atoms with Crippen molar-refractivity contribution in [2.75, 3.05) is 57.8 Å². The van der Waals surface area contributed by atoms with Gasteiger partial charge >= 0.3 is 0 Å². The van der Waals surface area contributed by atoms with Gasteiger partial charge < -0.3 is 19.9 Å². The van der Waals surface area contributed by atoms with E-state index in [-0.39, 0.29) is 24.3 Å². The normalized spacial score (nSPS) is 19.8. The Morgan fingerprint density at radius 2 is 1.86 bits per heavy atom. The summed E-state index contributed by atoms with van der Waals surface area (Å²) in [6.45, 7) is 8.08. The number of ether oxygens (including phenoxy) is 1. The average Bonchev–Trinajstić information content (AvgIpc) is 2.89. The fourth-order valence-corrected chi connectivity index (χ4v) is 5.14. The molecule has 0 radical (unpaired) electrons. The Kier molecular flexibility index (Phi) is 8.58. The van der Waals surface area contributed by atoms with Crippen LogP contribution in [0.4, 0.5) is 5.82 Å². The van der Waals surface area contributed by atoms with Crippen LogP contribution in [0.15, 0.2) is 48.7 Å². The molecular formula is C27H37N5O3. The van der Waals surface area contributed by atoms with Crippen molar-refractivity contribution in [3.8, 4) is 5.75 Å². The standard InChI is InChI=1S/C27H37N5O3/c1-21(33)29-25(23-8-10-24(35-2)11-9-23)18-27(34)32-13-5-6-22(20-32)19-30-14-16-31(17-15-30)26-7-3-4-12-28-26/h3-4,7-12,22,25H,5-6,13-20H2,1-2H3,(H,29,33). The molecule has 2 atom stereocenters. The number of methoxy groups -OCH3 is 1. The zero-order valence-electron chi connectivity index (χ0n) is 20.9. The Hall–Kier alpha value is -3.13. The first kappa shape index (κ1) is 25.0. The van der Waals surface area contributed by atoms with Gasteiger partial charge in [0.05, 0.1) is 19.6 Å². The number of pyridine rings is 1. The number of carbonyl (C=O) groups excluding carboxylic acids is 2. The Labute approximate surface area is 208 Å². The molecule has 2 aliphatic heterocycles. The van der Waals surface area contributed by atoms with Gasteiger partial charge in [-0.25, -0.2) is 4.98 Å². The molecule has 0 aliphatic carbocycles. The van der Waals surface area contributed by atoms with Gasteiger partial charge in [-0.15, -0.1) is 0 Å². The molecule has 2 unspecified atom stereocenters. The zero-order chi connectivity index (χ0) is 24.6. The van der Waals surface area contributed by atoms with E-state index in [1.54, 1.807) is 7.11 Å². The number of amides is 2. The van der Waals surface area contributed by atoms with Crippen LogP contribution in [-0.4, -0.2) is 79.5 Å². The van der Waals surface area contributed by atoms with Crippen molar-refractivity contribution in [1.82, 2.24) is 20.1 Å². The van der Waals surface area contributed by atoms with Gasteiger partial charge in [0.25, 0.3) is 0 Å². The molecule has 2 aromatic rings. The number of carbonyl (C=O) groups is 2. The number of hydrogen-bond donors (Lipinski definition) is 1. The van der Waals surface area contributed by atoms with Crippen LogP contribution in [-0.2, 0) is 9.59 Å². The Morgan fingerprint density at radius 1 is 1.09 bits per heavy atom. The van der Waals surface area contributed by atoms with Crippen molar-refractivity contribution < 1.29 is 14.3 Å². The fourth-order valence-electron chi connectivity index (χ4n) is 5.14. The zero-order valence-corrected chi connectivity index (χ0v) is 20.9. The van der Waals surface area contributed by atoms with Gasteiger partial charge in [0, 0.05) is 58.9 Å². The molecule has 2 aliphatic rings. The highest BCUT2D eigenvalue weighted by molar-refractivity contribution is 5.79. The van der Waals surface area contributed by atoms with Gasteiger partial charge in [0.1, 0.15) is 11.6 Å². The number of rotatable bonds is 8. The first-order valence-corrected chi connectivity index (χ1v) is 12.6. The van der Waals surface area contributed by atoms with Gasteiger partial charge in [-0.05, 0) is 48.6 Å². The third-order valence-electron chi connectivity index (χ3n) is 7.01. The van der Waals surface area contributed by atoms with Crippen molar-refractivity contribution in [3.63, 3.8) is 0 Å². The average molecular weight is 480 g/mol. The molecule has 1 aromatic carbocycles. The summed E-state index contributed by atoms with van der Waals surface area (Å²) in [5.41, 5.74) is 0.911. The summed E-state index contributed by atoms with van der Waals surface area (Å²) in [6.07, 6.45) is 4.29. The molecule has 3 heterocycles. The van der Waals surface area contributed by atoms with Crippen LogP contribution in [0.3, 0.4) is 0 Å². The predicted molar refractivity (Wildman–Crippen MR) is 136 cm³/mol. The lowest BCUT2D eigenvalue weighted by atomic mass is 9.95. The minimum atomic E-state index is -0.342. The van der Waals surface area contributed by atoms with Crippen LogP contribution >= 0.6 is 0 Å². The minimum Gasteiger partial charge on any atom is -0.497 e. The monoisotopic (exact) mass is 479 g/mol. The second-order valence-corrected chi connectivity index (χ2v) is 9.55. The number of benzene rings is 1. The molecule has 2 saturated heterocycles. The van der Waals surface area contributed by atoms with Gasteiger partial charge in [-0.3, -0.25) is 14.5 Å². The van der Waals surface area contributed by atoms with E-state index in [9.17, 15) is 9.59 Å². The van der Waals surface area contributed by atoms with Crippen LogP contribution in [0.2, 0.25) is 0 Å². The molecule has 2 amide bonds. The summed E-state index contributed by atoms with van der Waals surface area (Å²) in [6, 6.07) is 13.3. The van der Waals surface area contributed by atoms with Crippen molar-refractivity contribution >= 4 is 17.6 Å². The van der Waals surface area contributed by atoms with E-state index in [2.05, 4.69) is 26.2 Å². The van der Waals surface area contributed by atoms with Crippen molar-refractivity contribution in [1.29, 1.82) is 0 Å². The van der Waals surface area contributed by atoms with E-state index >= 15 is 0 Å². The van der Waals surface area contributed by atoms with E-state index in [0.29, 0.717) is 5.92 Å². The molecule has 35 heavy (non-hydrogen) atoms.